The molecule has 1 fully saturated rings. The molecule has 1 aliphatic heterocycles. The summed E-state index contributed by atoms with van der Waals surface area (Å²) >= 11 is 6.20. The average molecular weight is 523 g/mol. The molecule has 0 unspecified atom stereocenters. The summed E-state index contributed by atoms with van der Waals surface area (Å²) in [5.74, 6) is 0.560. The number of para-hydroxylation sites is 1. The van der Waals surface area contributed by atoms with Crippen LogP contribution in [0, 0.1) is 19.7 Å². The predicted octanol–water partition coefficient (Wildman–Crippen LogP) is 4.59. The molecule has 0 radical (unpaired) electrons. The van der Waals surface area contributed by atoms with Gasteiger partial charge in [0.1, 0.15) is 11.6 Å². The molecule has 0 spiro atoms. The second kappa shape index (κ2) is 10.4. The first-order valence-electron chi connectivity index (χ1n) is 11.6. The third-order valence-electron chi connectivity index (χ3n) is 5.90. The van der Waals surface area contributed by atoms with Crippen LogP contribution < -0.4 is 20.4 Å². The van der Waals surface area contributed by atoms with Gasteiger partial charge < -0.3 is 19.5 Å². The van der Waals surface area contributed by atoms with Gasteiger partial charge >= 0.3 is 6.01 Å². The maximum atomic E-state index is 13.2. The number of nitrogens with one attached hydrogen (secondary N) is 2. The molecule has 2 aromatic heterocycles. The smallest absolute Gasteiger partial charge is 0.302 e. The molecule has 190 valence electrons. The van der Waals surface area contributed by atoms with Crippen LogP contribution in [0.15, 0.2) is 53.1 Å². The Kier molecular flexibility index (Phi) is 6.87. The summed E-state index contributed by atoms with van der Waals surface area (Å²) in [4.78, 5) is 34.3. The van der Waals surface area contributed by atoms with Crippen LogP contribution >= 0.6 is 11.6 Å². The highest BCUT2D eigenvalue weighted by atomic mass is 35.5. The minimum absolute atomic E-state index is 0.00439. The van der Waals surface area contributed by atoms with Crippen molar-refractivity contribution in [1.29, 1.82) is 0 Å². The minimum atomic E-state index is -0.483. The Balaban J connectivity index is 1.24. The molecule has 1 amide bonds. The third-order valence-corrected chi connectivity index (χ3v) is 6.21. The van der Waals surface area contributed by atoms with Crippen LogP contribution in [0.4, 0.5) is 33.7 Å². The van der Waals surface area contributed by atoms with E-state index in [4.69, 9.17) is 16.0 Å². The van der Waals surface area contributed by atoms with E-state index < -0.39 is 5.91 Å². The number of oxazole rings is 1. The number of piperazine rings is 1. The molecule has 10 nitrogen and oxygen atoms in total. The monoisotopic (exact) mass is 522 g/mol. The molecule has 5 rings (SSSR count). The summed E-state index contributed by atoms with van der Waals surface area (Å²) in [6.45, 7) is 6.46. The van der Waals surface area contributed by atoms with Gasteiger partial charge in [0.2, 0.25) is 17.7 Å². The quantitative estimate of drug-likeness (QED) is 0.375. The largest absolute Gasteiger partial charge is 0.418 e. The summed E-state index contributed by atoms with van der Waals surface area (Å²) in [6.07, 6.45) is 1.31. The van der Waals surface area contributed by atoms with E-state index in [1.54, 1.807) is 31.2 Å². The van der Waals surface area contributed by atoms with Crippen LogP contribution in [0.1, 0.15) is 21.9 Å². The van der Waals surface area contributed by atoms with Crippen LogP contribution in [0.5, 0.6) is 0 Å². The van der Waals surface area contributed by atoms with Gasteiger partial charge in [0.15, 0.2) is 0 Å². The Morgan fingerprint density at radius 2 is 1.73 bits per heavy atom. The Morgan fingerprint density at radius 3 is 2.46 bits per heavy atom. The number of anilines is 5. The van der Waals surface area contributed by atoms with Gasteiger partial charge in [0.25, 0.3) is 5.91 Å². The van der Waals surface area contributed by atoms with Gasteiger partial charge in [-0.05, 0) is 49.7 Å². The maximum absolute atomic E-state index is 13.2. The number of carbonyl (C=O) groups is 1. The van der Waals surface area contributed by atoms with Crippen molar-refractivity contribution in [2.24, 2.45) is 0 Å². The normalized spacial score (nSPS) is 13.5. The van der Waals surface area contributed by atoms with Crippen molar-refractivity contribution in [1.82, 2.24) is 19.9 Å². The fourth-order valence-electron chi connectivity index (χ4n) is 3.98. The molecular weight excluding hydrogens is 499 g/mol. The number of carbonyl (C=O) groups excluding carboxylic acids is 1. The van der Waals surface area contributed by atoms with E-state index in [0.717, 1.165) is 24.3 Å². The molecule has 1 aliphatic rings. The zero-order chi connectivity index (χ0) is 25.9. The first-order chi connectivity index (χ1) is 17.9. The van der Waals surface area contributed by atoms with Crippen molar-refractivity contribution in [2.45, 2.75) is 13.8 Å². The fourth-order valence-corrected chi connectivity index (χ4v) is 4.25. The van der Waals surface area contributed by atoms with Crippen molar-refractivity contribution < 1.29 is 13.6 Å². The SMILES string of the molecule is Cc1nc(Nc2ncc(C(=O)Nc3c(C)cccc3Cl)o2)nc(N2CCN(c3ccc(F)cc3)CC2)n1. The lowest BCUT2D eigenvalue weighted by atomic mass is 10.2. The molecule has 37 heavy (non-hydrogen) atoms. The first kappa shape index (κ1) is 24.4. The van der Waals surface area contributed by atoms with Crippen LogP contribution in [-0.4, -0.2) is 52.0 Å². The summed E-state index contributed by atoms with van der Waals surface area (Å²) in [5.41, 5.74) is 2.31. The Morgan fingerprint density at radius 1 is 1.00 bits per heavy atom. The maximum Gasteiger partial charge on any atom is 0.302 e. The highest BCUT2D eigenvalue weighted by molar-refractivity contribution is 6.34. The molecule has 4 aromatic rings. The molecule has 0 saturated carbocycles. The lowest BCUT2D eigenvalue weighted by Gasteiger charge is -2.36. The van der Waals surface area contributed by atoms with E-state index in [9.17, 15) is 9.18 Å². The summed E-state index contributed by atoms with van der Waals surface area (Å²) in [7, 11) is 0. The van der Waals surface area contributed by atoms with Gasteiger partial charge in [-0.3, -0.25) is 10.1 Å². The molecular formula is C25H24ClFN8O2. The van der Waals surface area contributed by atoms with Crippen molar-refractivity contribution in [2.75, 3.05) is 46.6 Å². The standard InChI is InChI=1S/C25H24ClFN8O2/c1-15-4-3-5-19(26)21(15)31-22(36)20-14-28-25(37-20)33-23-29-16(2)30-24(32-23)35-12-10-34(11-13-35)18-8-6-17(27)7-9-18/h3-9,14H,10-13H2,1-2H3,(H,31,36)(H,28,29,30,32,33). The number of hydrogen-bond acceptors (Lipinski definition) is 9. The van der Waals surface area contributed by atoms with Gasteiger partial charge in [-0.25, -0.2) is 9.37 Å². The molecule has 2 N–H and O–H groups in total. The highest BCUT2D eigenvalue weighted by Gasteiger charge is 2.21. The highest BCUT2D eigenvalue weighted by Crippen LogP contribution is 2.26. The van der Waals surface area contributed by atoms with Gasteiger partial charge in [-0.15, -0.1) is 0 Å². The van der Waals surface area contributed by atoms with Crippen molar-refractivity contribution >= 4 is 46.8 Å². The minimum Gasteiger partial charge on any atom is -0.418 e. The Labute approximate surface area is 217 Å². The molecule has 1 saturated heterocycles. The molecule has 12 heteroatoms. The number of nitrogens with zero attached hydrogens (tertiary/aromatic N) is 6. The van der Waals surface area contributed by atoms with E-state index in [0.29, 0.717) is 35.6 Å². The van der Waals surface area contributed by atoms with Gasteiger partial charge in [-0.1, -0.05) is 23.7 Å². The molecule has 3 heterocycles. The Bertz CT molecular complexity index is 1400. The molecule has 0 bridgehead atoms. The zero-order valence-corrected chi connectivity index (χ0v) is 21.0. The summed E-state index contributed by atoms with van der Waals surface area (Å²) in [6, 6.07) is 11.9. The number of rotatable bonds is 6. The van der Waals surface area contributed by atoms with Gasteiger partial charge in [-0.2, -0.15) is 15.0 Å². The first-order valence-corrected chi connectivity index (χ1v) is 12.0. The second-order valence-corrected chi connectivity index (χ2v) is 8.90. The van der Waals surface area contributed by atoms with E-state index in [-0.39, 0.29) is 23.5 Å². The third kappa shape index (κ3) is 5.61. The topological polar surface area (TPSA) is 112 Å². The average Bonchev–Trinajstić information content (AvgIpc) is 3.35. The van der Waals surface area contributed by atoms with Crippen LogP contribution in [0.25, 0.3) is 0 Å². The van der Waals surface area contributed by atoms with Gasteiger partial charge in [0, 0.05) is 31.9 Å². The fraction of sp³-hybridized carbons (Fsp3) is 0.240. The molecule has 2 aromatic carbocycles. The lowest BCUT2D eigenvalue weighted by Crippen LogP contribution is -2.47. The number of hydrogen-bond donors (Lipinski definition) is 2. The van der Waals surface area contributed by atoms with Crippen LogP contribution in [-0.2, 0) is 0 Å². The number of benzene rings is 2. The molecule has 0 aliphatic carbocycles. The number of halogens is 2. The predicted molar refractivity (Wildman–Crippen MR) is 139 cm³/mol. The zero-order valence-electron chi connectivity index (χ0n) is 20.2. The lowest BCUT2D eigenvalue weighted by molar-refractivity contribution is 0.0997. The van der Waals surface area contributed by atoms with E-state index in [1.807, 2.05) is 13.0 Å². The van der Waals surface area contributed by atoms with E-state index in [2.05, 4.69) is 40.4 Å². The second-order valence-electron chi connectivity index (χ2n) is 8.50. The van der Waals surface area contributed by atoms with Crippen LogP contribution in [0.2, 0.25) is 5.02 Å². The number of aryl methyl sites for hydroxylation is 2. The van der Waals surface area contributed by atoms with Crippen molar-refractivity contribution in [3.8, 4) is 0 Å². The van der Waals surface area contributed by atoms with Gasteiger partial charge in [0.05, 0.1) is 16.9 Å². The summed E-state index contributed by atoms with van der Waals surface area (Å²) < 4.78 is 18.8. The molecule has 0 atom stereocenters. The van der Waals surface area contributed by atoms with E-state index >= 15 is 0 Å². The van der Waals surface area contributed by atoms with Crippen molar-refractivity contribution in [3.63, 3.8) is 0 Å². The number of amides is 1. The van der Waals surface area contributed by atoms with Crippen molar-refractivity contribution in [3.05, 3.63) is 76.6 Å². The summed E-state index contributed by atoms with van der Waals surface area (Å²) in [5, 5.41) is 6.08. The number of aromatic nitrogens is 4. The van der Waals surface area contributed by atoms with Crippen LogP contribution in [0.3, 0.4) is 0 Å². The Hall–Kier alpha value is -4.25. The van der Waals surface area contributed by atoms with E-state index in [1.165, 1.54) is 18.3 Å².